The molecule has 3 saturated heterocycles. The minimum atomic E-state index is -1.61. The lowest BCUT2D eigenvalue weighted by Gasteiger charge is -2.32. The van der Waals surface area contributed by atoms with Crippen LogP contribution in [0.3, 0.4) is 0 Å². The van der Waals surface area contributed by atoms with E-state index in [0.29, 0.717) is 69.4 Å². The van der Waals surface area contributed by atoms with Crippen molar-refractivity contribution in [2.24, 2.45) is 33.8 Å². The lowest BCUT2D eigenvalue weighted by Crippen LogP contribution is -2.62. The van der Waals surface area contributed by atoms with Crippen molar-refractivity contribution in [3.63, 3.8) is 0 Å². The summed E-state index contributed by atoms with van der Waals surface area (Å²) in [7, 11) is 0. The summed E-state index contributed by atoms with van der Waals surface area (Å²) in [6, 6.07) is -12.1. The first-order valence-electron chi connectivity index (χ1n) is 29.1. The molecule has 2 aromatic rings. The Labute approximate surface area is 493 Å². The molecular formula is C54H87N19O12. The van der Waals surface area contributed by atoms with Gasteiger partial charge in [-0.3, -0.25) is 57.7 Å². The first-order chi connectivity index (χ1) is 40.4. The smallest absolute Gasteiger partial charge is 0.246 e. The Morgan fingerprint density at radius 3 is 1.72 bits per heavy atom. The summed E-state index contributed by atoms with van der Waals surface area (Å²) in [5.41, 5.74) is 23.1. The first kappa shape index (κ1) is 67.6. The molecule has 31 nitrogen and oxygen atoms in total. The Balaban J connectivity index is 1.29. The fourth-order valence-electron chi connectivity index (χ4n) is 10.7. The predicted molar refractivity (Wildman–Crippen MR) is 307 cm³/mol. The largest absolute Gasteiger partial charge is 0.391 e. The average Bonchev–Trinajstić information content (AvgIpc) is 3.35. The molecule has 3 aliphatic rings. The number of primary amides is 1. The fourth-order valence-corrected chi connectivity index (χ4v) is 10.7. The van der Waals surface area contributed by atoms with Gasteiger partial charge in [0.2, 0.25) is 65.0 Å². The topological polar surface area (TPSA) is 476 Å². The minimum Gasteiger partial charge on any atom is -0.391 e. The quantitative estimate of drug-likeness (QED) is 0.0186. The molecule has 470 valence electrons. The van der Waals surface area contributed by atoms with Crippen molar-refractivity contribution in [1.82, 2.24) is 71.9 Å². The Hall–Kier alpha value is -8.22. The summed E-state index contributed by atoms with van der Waals surface area (Å²) in [6.45, 7) is 8.70. The second kappa shape index (κ2) is 32.7. The lowest BCUT2D eigenvalue weighted by molar-refractivity contribution is -0.146. The van der Waals surface area contributed by atoms with Crippen LogP contribution in [0.2, 0.25) is 0 Å². The molecule has 12 atom stereocenters. The van der Waals surface area contributed by atoms with Crippen LogP contribution in [-0.4, -0.2) is 210 Å². The Kier molecular flexibility index (Phi) is 26.0. The number of nitrogens with two attached hydrogens (primary N) is 4. The standard InChI is InChI=1S/C54H87N19O12/c1-6-29(2)42(50(82)65-35(44(56)76)13-7-8-18-55)69-46(78)36(14-9-19-61-54(57)58)66-45(77)30(3)64-47(79)37(23-33-25-59-27-62-33)67-48(80)39-15-10-21-72(39)52(84)38(24-34-26-60-28-63-34)68-51(83)43(31(4)74)70-49(81)40-16-11-22-73(40)53(85)41-17-12-20-71(41)32(5)75/h25-31,35-43,74H,6-24,55H2,1-5H3,(H2,56,76)(H,59,62)(H,60,63)(H,64,79)(H,65,82)(H,66,77)(H,67,80)(H,68,83)(H,69,78)(H,70,81)(H4,57,58,61)/t29-,30-,31+,35-,36-,37-,38-,39-,40-,41-,42-,43-/m0/s1. The number of likely N-dealkylation sites (tertiary alicyclic amines) is 3. The number of rotatable bonds is 32. The molecule has 31 heteroatoms. The Morgan fingerprint density at radius 1 is 0.624 bits per heavy atom. The normalized spacial score (nSPS) is 19.8. The highest BCUT2D eigenvalue weighted by Crippen LogP contribution is 2.26. The molecule has 85 heavy (non-hydrogen) atoms. The van der Waals surface area contributed by atoms with Crippen molar-refractivity contribution in [2.45, 2.75) is 191 Å². The van der Waals surface area contributed by atoms with Gasteiger partial charge in [-0.2, -0.15) is 0 Å². The van der Waals surface area contributed by atoms with Crippen LogP contribution in [0.15, 0.2) is 30.0 Å². The van der Waals surface area contributed by atoms with Gasteiger partial charge in [-0.05, 0) is 96.9 Å². The number of aromatic nitrogens is 4. The summed E-state index contributed by atoms with van der Waals surface area (Å²) in [5.74, 6) is -8.26. The molecule has 2 aromatic heterocycles. The van der Waals surface area contributed by atoms with Crippen molar-refractivity contribution < 1.29 is 57.8 Å². The van der Waals surface area contributed by atoms with Crippen LogP contribution in [0.5, 0.6) is 0 Å². The van der Waals surface area contributed by atoms with Crippen LogP contribution in [0.25, 0.3) is 0 Å². The second-order valence-corrected chi connectivity index (χ2v) is 22.0. The molecule has 3 aliphatic heterocycles. The third-order valence-electron chi connectivity index (χ3n) is 15.6. The zero-order chi connectivity index (χ0) is 62.5. The van der Waals surface area contributed by atoms with Gasteiger partial charge < -0.3 is 89.9 Å². The van der Waals surface area contributed by atoms with Gasteiger partial charge in [0.15, 0.2) is 5.96 Å². The zero-order valence-corrected chi connectivity index (χ0v) is 49.1. The van der Waals surface area contributed by atoms with Gasteiger partial charge in [0.1, 0.15) is 60.4 Å². The molecule has 0 radical (unpaired) electrons. The van der Waals surface area contributed by atoms with Crippen molar-refractivity contribution in [1.29, 1.82) is 0 Å². The number of imidazole rings is 2. The van der Waals surface area contributed by atoms with Crippen LogP contribution >= 0.6 is 0 Å². The Bertz CT molecular complexity index is 2650. The maximum Gasteiger partial charge on any atom is 0.246 e. The number of aliphatic imine (C=N–C) groups is 1. The van der Waals surface area contributed by atoms with Crippen LogP contribution in [0.4, 0.5) is 0 Å². The van der Waals surface area contributed by atoms with Gasteiger partial charge in [-0.1, -0.05) is 20.3 Å². The zero-order valence-electron chi connectivity index (χ0n) is 49.1. The van der Waals surface area contributed by atoms with Crippen molar-refractivity contribution in [2.75, 3.05) is 32.7 Å². The number of H-pyrrole nitrogens is 2. The molecule has 0 spiro atoms. The highest BCUT2D eigenvalue weighted by atomic mass is 16.3. The first-order valence-corrected chi connectivity index (χ1v) is 29.1. The van der Waals surface area contributed by atoms with Gasteiger partial charge in [-0.25, -0.2) is 9.97 Å². The van der Waals surface area contributed by atoms with Crippen LogP contribution in [0, 0.1) is 5.92 Å². The molecule has 3 fully saturated rings. The number of nitrogens with zero attached hydrogens (tertiary/aromatic N) is 6. The van der Waals surface area contributed by atoms with Crippen LogP contribution < -0.4 is 60.2 Å². The number of hydrogen-bond acceptors (Lipinski definition) is 16. The maximum atomic E-state index is 14.7. The van der Waals surface area contributed by atoms with Gasteiger partial charge >= 0.3 is 0 Å². The average molecular weight is 1190 g/mol. The SMILES string of the molecule is CC[C@H](C)[C@H](NC(=O)[C@H](CCCN=C(N)N)NC(=O)[C@H](C)NC(=O)[C@H](Cc1cnc[nH]1)NC(=O)[C@@H]1CCCN1C(=O)[C@H](Cc1cnc[nH]1)NC(=O)[C@@H](NC(=O)[C@@H]1CCCN1C(=O)[C@@H]1CCCN1C(C)=O)[C@@H](C)O)C(=O)N[C@@H](CCCCN)C(N)=O. The summed E-state index contributed by atoms with van der Waals surface area (Å²) < 4.78 is 0. The van der Waals surface area contributed by atoms with E-state index >= 15 is 0 Å². The van der Waals surface area contributed by atoms with E-state index in [1.165, 1.54) is 60.5 Å². The van der Waals surface area contributed by atoms with Crippen molar-refractivity contribution in [3.05, 3.63) is 36.4 Å². The summed E-state index contributed by atoms with van der Waals surface area (Å²) in [4.78, 5) is 173. The second-order valence-electron chi connectivity index (χ2n) is 22.0. The number of aliphatic hydroxyl groups is 1. The fraction of sp³-hybridized carbons (Fsp3) is 0.667. The number of guanidine groups is 1. The molecule has 5 heterocycles. The van der Waals surface area contributed by atoms with E-state index < -0.39 is 126 Å². The molecular weight excluding hydrogens is 1110 g/mol. The monoisotopic (exact) mass is 1190 g/mol. The molecule has 0 aromatic carbocycles. The molecule has 18 N–H and O–H groups in total. The lowest BCUT2D eigenvalue weighted by atomic mass is 9.96. The van der Waals surface area contributed by atoms with E-state index in [9.17, 15) is 57.8 Å². The van der Waals surface area contributed by atoms with E-state index in [0.717, 1.165) is 0 Å². The molecule has 0 aliphatic carbocycles. The van der Waals surface area contributed by atoms with E-state index in [1.807, 2.05) is 0 Å². The van der Waals surface area contributed by atoms with E-state index in [4.69, 9.17) is 22.9 Å². The third kappa shape index (κ3) is 19.4. The number of carbonyl (C=O) groups excluding carboxylic acids is 11. The van der Waals surface area contributed by atoms with Crippen molar-refractivity contribution >= 4 is 70.9 Å². The van der Waals surface area contributed by atoms with Crippen LogP contribution in [-0.2, 0) is 65.6 Å². The third-order valence-corrected chi connectivity index (χ3v) is 15.6. The number of aliphatic hydroxyl groups excluding tert-OH is 1. The van der Waals surface area contributed by atoms with Gasteiger partial charge in [0.05, 0.1) is 18.8 Å². The summed E-state index contributed by atoms with van der Waals surface area (Å²) in [6.07, 6.45) is 7.97. The Morgan fingerprint density at radius 2 is 1.15 bits per heavy atom. The number of carbonyl (C=O) groups is 11. The van der Waals surface area contributed by atoms with Gasteiger partial charge in [0, 0.05) is 69.7 Å². The number of unbranched alkanes of at least 4 members (excludes halogenated alkanes) is 1. The predicted octanol–water partition coefficient (Wildman–Crippen LogP) is -4.58. The number of aromatic amines is 2. The number of amides is 11. The van der Waals surface area contributed by atoms with E-state index in [2.05, 4.69) is 62.1 Å². The molecule has 5 rings (SSSR count). The summed E-state index contributed by atoms with van der Waals surface area (Å²) in [5, 5.41) is 29.5. The highest BCUT2D eigenvalue weighted by Gasteiger charge is 2.44. The molecule has 0 bridgehead atoms. The van der Waals surface area contributed by atoms with Crippen LogP contribution in [0.1, 0.15) is 123 Å². The molecule has 11 amide bonds. The maximum absolute atomic E-state index is 14.7. The van der Waals surface area contributed by atoms with Crippen molar-refractivity contribution in [3.8, 4) is 0 Å². The van der Waals surface area contributed by atoms with Gasteiger partial charge in [-0.15, -0.1) is 0 Å². The van der Waals surface area contributed by atoms with Gasteiger partial charge in [0.25, 0.3) is 0 Å². The molecule has 0 saturated carbocycles. The minimum absolute atomic E-state index is 0.0290. The van der Waals surface area contributed by atoms with E-state index in [-0.39, 0.29) is 82.4 Å². The van der Waals surface area contributed by atoms with E-state index in [1.54, 1.807) is 13.8 Å². The molecule has 0 unspecified atom stereocenters. The summed E-state index contributed by atoms with van der Waals surface area (Å²) >= 11 is 0. The number of nitrogens with one attached hydrogen (secondary N) is 9. The number of hydrogen-bond donors (Lipinski definition) is 14. The highest BCUT2D eigenvalue weighted by molar-refractivity contribution is 5.99.